The van der Waals surface area contributed by atoms with E-state index in [4.69, 9.17) is 0 Å². The van der Waals surface area contributed by atoms with Crippen LogP contribution in [0.1, 0.15) is 33.6 Å². The van der Waals surface area contributed by atoms with Crippen molar-refractivity contribution in [3.8, 4) is 0 Å². The van der Waals surface area contributed by atoms with Crippen molar-refractivity contribution in [1.82, 2.24) is 4.90 Å². The Labute approximate surface area is 81.3 Å². The maximum atomic E-state index is 10.5. The van der Waals surface area contributed by atoms with Crippen molar-refractivity contribution in [2.45, 2.75) is 39.7 Å². The van der Waals surface area contributed by atoms with Crippen molar-refractivity contribution < 1.29 is 4.79 Å². The second-order valence-electron chi connectivity index (χ2n) is 4.56. The van der Waals surface area contributed by atoms with Crippen molar-refractivity contribution in [2.24, 2.45) is 11.8 Å². The van der Waals surface area contributed by atoms with E-state index in [-0.39, 0.29) is 5.92 Å². The molecule has 13 heavy (non-hydrogen) atoms. The fraction of sp³-hybridized carbons (Fsp3) is 0.909. The minimum Gasteiger partial charge on any atom is -0.303 e. The molecule has 0 aromatic heterocycles. The Kier molecular flexibility index (Phi) is 3.91. The standard InChI is InChI=1S/C11H21NO/c1-9(2)11-5-4-6-12(11)7-10(3)8-13/h8-11H,4-7H2,1-3H3. The molecule has 2 heteroatoms. The molecular weight excluding hydrogens is 162 g/mol. The van der Waals surface area contributed by atoms with Gasteiger partial charge < -0.3 is 4.79 Å². The maximum absolute atomic E-state index is 10.5. The van der Waals surface area contributed by atoms with Crippen molar-refractivity contribution in [3.05, 3.63) is 0 Å². The van der Waals surface area contributed by atoms with E-state index in [1.807, 2.05) is 6.92 Å². The first-order valence-electron chi connectivity index (χ1n) is 5.34. The Hall–Kier alpha value is -0.370. The molecule has 76 valence electrons. The number of carbonyl (C=O) groups excluding carboxylic acids is 1. The van der Waals surface area contributed by atoms with Crippen LogP contribution < -0.4 is 0 Å². The smallest absolute Gasteiger partial charge is 0.124 e. The van der Waals surface area contributed by atoms with Crippen LogP contribution in [0, 0.1) is 11.8 Å². The highest BCUT2D eigenvalue weighted by Gasteiger charge is 2.27. The van der Waals surface area contributed by atoms with E-state index in [1.54, 1.807) is 0 Å². The van der Waals surface area contributed by atoms with E-state index in [0.717, 1.165) is 18.7 Å². The highest BCUT2D eigenvalue weighted by atomic mass is 16.1. The summed E-state index contributed by atoms with van der Waals surface area (Å²) in [7, 11) is 0. The summed E-state index contributed by atoms with van der Waals surface area (Å²) >= 11 is 0. The third kappa shape index (κ3) is 2.80. The molecule has 0 bridgehead atoms. The van der Waals surface area contributed by atoms with Gasteiger partial charge >= 0.3 is 0 Å². The van der Waals surface area contributed by atoms with E-state index in [9.17, 15) is 4.79 Å². The lowest BCUT2D eigenvalue weighted by atomic mass is 10.0. The molecule has 2 nitrogen and oxygen atoms in total. The van der Waals surface area contributed by atoms with Gasteiger partial charge in [-0.15, -0.1) is 0 Å². The second-order valence-corrected chi connectivity index (χ2v) is 4.56. The zero-order valence-corrected chi connectivity index (χ0v) is 8.99. The number of likely N-dealkylation sites (tertiary alicyclic amines) is 1. The summed E-state index contributed by atoms with van der Waals surface area (Å²) in [5.74, 6) is 0.917. The van der Waals surface area contributed by atoms with Gasteiger partial charge in [0.25, 0.3) is 0 Å². The third-order valence-electron chi connectivity index (χ3n) is 2.94. The number of nitrogens with zero attached hydrogens (tertiary/aromatic N) is 1. The summed E-state index contributed by atoms with van der Waals surface area (Å²) in [5.41, 5.74) is 0. The summed E-state index contributed by atoms with van der Waals surface area (Å²) in [6.45, 7) is 8.68. The molecular formula is C11H21NO. The number of hydrogen-bond donors (Lipinski definition) is 0. The van der Waals surface area contributed by atoms with Crippen LogP contribution in [0.4, 0.5) is 0 Å². The first-order chi connectivity index (χ1) is 6.15. The lowest BCUT2D eigenvalue weighted by molar-refractivity contribution is -0.111. The summed E-state index contributed by atoms with van der Waals surface area (Å²) in [6, 6.07) is 0.711. The Morgan fingerprint density at radius 1 is 1.46 bits per heavy atom. The van der Waals surface area contributed by atoms with Crippen LogP contribution in [-0.4, -0.2) is 30.3 Å². The number of aldehydes is 1. The quantitative estimate of drug-likeness (QED) is 0.621. The van der Waals surface area contributed by atoms with E-state index in [1.165, 1.54) is 19.4 Å². The first-order valence-corrected chi connectivity index (χ1v) is 5.34. The molecule has 1 aliphatic rings. The first kappa shape index (κ1) is 10.7. The molecule has 1 rings (SSSR count). The van der Waals surface area contributed by atoms with E-state index in [2.05, 4.69) is 18.7 Å². The lowest BCUT2D eigenvalue weighted by Crippen LogP contribution is -2.36. The Morgan fingerprint density at radius 3 is 2.69 bits per heavy atom. The molecule has 0 radical (unpaired) electrons. The zero-order valence-electron chi connectivity index (χ0n) is 8.99. The average molecular weight is 183 g/mol. The lowest BCUT2D eigenvalue weighted by Gasteiger charge is -2.28. The molecule has 1 saturated heterocycles. The minimum atomic E-state index is 0.194. The van der Waals surface area contributed by atoms with Gasteiger partial charge in [0, 0.05) is 18.5 Å². The average Bonchev–Trinajstić information content (AvgIpc) is 2.52. The van der Waals surface area contributed by atoms with Gasteiger partial charge in [0.15, 0.2) is 0 Å². The Morgan fingerprint density at radius 2 is 2.15 bits per heavy atom. The van der Waals surface area contributed by atoms with Crippen molar-refractivity contribution in [2.75, 3.05) is 13.1 Å². The number of hydrogen-bond acceptors (Lipinski definition) is 2. The SMILES string of the molecule is CC(C=O)CN1CCCC1C(C)C. The minimum absolute atomic E-state index is 0.194. The molecule has 1 aliphatic heterocycles. The molecule has 0 aliphatic carbocycles. The molecule has 0 saturated carbocycles. The van der Waals surface area contributed by atoms with Crippen LogP contribution in [0.5, 0.6) is 0 Å². The van der Waals surface area contributed by atoms with Crippen molar-refractivity contribution >= 4 is 6.29 Å². The number of rotatable bonds is 4. The normalized spacial score (nSPS) is 26.6. The summed E-state index contributed by atoms with van der Waals surface area (Å²) in [4.78, 5) is 13.0. The van der Waals surface area contributed by atoms with Gasteiger partial charge in [-0.25, -0.2) is 0 Å². The summed E-state index contributed by atoms with van der Waals surface area (Å²) < 4.78 is 0. The van der Waals surface area contributed by atoms with Crippen LogP contribution in [0.3, 0.4) is 0 Å². The molecule has 1 fully saturated rings. The van der Waals surface area contributed by atoms with Crippen LogP contribution in [0.25, 0.3) is 0 Å². The second kappa shape index (κ2) is 4.75. The van der Waals surface area contributed by atoms with Crippen molar-refractivity contribution in [1.29, 1.82) is 0 Å². The van der Waals surface area contributed by atoms with Crippen LogP contribution in [-0.2, 0) is 4.79 Å². The predicted molar refractivity (Wildman–Crippen MR) is 54.7 cm³/mol. The van der Waals surface area contributed by atoms with Crippen LogP contribution in [0.15, 0.2) is 0 Å². The predicted octanol–water partition coefficient (Wildman–Crippen LogP) is 1.94. The third-order valence-corrected chi connectivity index (χ3v) is 2.94. The Balaban J connectivity index is 2.43. The molecule has 0 aromatic rings. The van der Waals surface area contributed by atoms with Gasteiger partial charge in [-0.3, -0.25) is 4.90 Å². The van der Waals surface area contributed by atoms with Gasteiger partial charge in [-0.05, 0) is 25.3 Å². The fourth-order valence-corrected chi connectivity index (χ4v) is 2.25. The fourth-order valence-electron chi connectivity index (χ4n) is 2.25. The number of carbonyl (C=O) groups is 1. The van der Waals surface area contributed by atoms with Crippen molar-refractivity contribution in [3.63, 3.8) is 0 Å². The topological polar surface area (TPSA) is 20.3 Å². The zero-order chi connectivity index (χ0) is 9.84. The molecule has 0 N–H and O–H groups in total. The van der Waals surface area contributed by atoms with Gasteiger partial charge in [-0.2, -0.15) is 0 Å². The van der Waals surface area contributed by atoms with E-state index < -0.39 is 0 Å². The van der Waals surface area contributed by atoms with Crippen LogP contribution >= 0.6 is 0 Å². The summed E-state index contributed by atoms with van der Waals surface area (Å²) in [6.07, 6.45) is 3.67. The van der Waals surface area contributed by atoms with Gasteiger partial charge in [0.2, 0.25) is 0 Å². The highest BCUT2D eigenvalue weighted by Crippen LogP contribution is 2.24. The Bertz CT molecular complexity index is 167. The summed E-state index contributed by atoms with van der Waals surface area (Å²) in [5, 5.41) is 0. The molecule has 1 heterocycles. The molecule has 0 aromatic carbocycles. The largest absolute Gasteiger partial charge is 0.303 e. The molecule has 2 unspecified atom stereocenters. The highest BCUT2D eigenvalue weighted by molar-refractivity contribution is 5.53. The molecule has 0 spiro atoms. The van der Waals surface area contributed by atoms with Gasteiger partial charge in [-0.1, -0.05) is 20.8 Å². The maximum Gasteiger partial charge on any atom is 0.124 e. The van der Waals surface area contributed by atoms with Crippen LogP contribution in [0.2, 0.25) is 0 Å². The monoisotopic (exact) mass is 183 g/mol. The van der Waals surface area contributed by atoms with Gasteiger partial charge in [0.05, 0.1) is 0 Å². The molecule has 2 atom stereocenters. The van der Waals surface area contributed by atoms with E-state index in [0.29, 0.717) is 6.04 Å². The van der Waals surface area contributed by atoms with Gasteiger partial charge in [0.1, 0.15) is 6.29 Å². The molecule has 0 amide bonds. The van der Waals surface area contributed by atoms with E-state index >= 15 is 0 Å².